The predicted octanol–water partition coefficient (Wildman–Crippen LogP) is 3.10. The maximum absolute atomic E-state index is 12.4. The summed E-state index contributed by atoms with van der Waals surface area (Å²) in [6.45, 7) is 9.49. The Labute approximate surface area is 128 Å². The van der Waals surface area contributed by atoms with Crippen LogP contribution < -0.4 is 5.32 Å². The molecule has 1 aliphatic rings. The monoisotopic (exact) mass is 298 g/mol. The van der Waals surface area contributed by atoms with E-state index in [1.165, 1.54) is 0 Å². The van der Waals surface area contributed by atoms with Crippen LogP contribution in [0.1, 0.15) is 59.8 Å². The van der Waals surface area contributed by atoms with Crippen molar-refractivity contribution in [2.45, 2.75) is 65.3 Å². The molecule has 1 aliphatic heterocycles. The van der Waals surface area contributed by atoms with Gasteiger partial charge in [-0.25, -0.2) is 9.59 Å². The van der Waals surface area contributed by atoms with Crippen molar-refractivity contribution < 1.29 is 14.7 Å². The molecule has 1 fully saturated rings. The van der Waals surface area contributed by atoms with Crippen molar-refractivity contribution in [3.8, 4) is 0 Å². The van der Waals surface area contributed by atoms with E-state index >= 15 is 0 Å². The van der Waals surface area contributed by atoms with Crippen LogP contribution in [-0.2, 0) is 4.79 Å². The molecule has 0 radical (unpaired) electrons. The zero-order valence-corrected chi connectivity index (χ0v) is 13.8. The first-order valence-corrected chi connectivity index (χ1v) is 8.16. The van der Waals surface area contributed by atoms with Crippen LogP contribution in [-0.4, -0.2) is 40.6 Å². The first-order chi connectivity index (χ1) is 9.86. The Morgan fingerprint density at radius 1 is 1.24 bits per heavy atom. The van der Waals surface area contributed by atoms with Gasteiger partial charge in [-0.3, -0.25) is 0 Å². The van der Waals surface area contributed by atoms with E-state index in [1.54, 1.807) is 18.7 Å². The van der Waals surface area contributed by atoms with Gasteiger partial charge >= 0.3 is 12.0 Å². The number of urea groups is 1. The topological polar surface area (TPSA) is 69.6 Å². The van der Waals surface area contributed by atoms with E-state index < -0.39 is 11.5 Å². The molecule has 1 rings (SSSR count). The molecule has 0 aromatic carbocycles. The maximum Gasteiger partial charge on any atom is 0.329 e. The number of hydrogen-bond donors (Lipinski definition) is 2. The van der Waals surface area contributed by atoms with Crippen molar-refractivity contribution in [1.29, 1.82) is 0 Å². The first-order valence-electron chi connectivity index (χ1n) is 8.16. The molecule has 1 heterocycles. The molecule has 5 heteroatoms. The van der Waals surface area contributed by atoms with Crippen LogP contribution >= 0.6 is 0 Å². The highest BCUT2D eigenvalue weighted by atomic mass is 16.4. The van der Waals surface area contributed by atoms with Gasteiger partial charge in [0.2, 0.25) is 0 Å². The van der Waals surface area contributed by atoms with Crippen molar-refractivity contribution in [1.82, 2.24) is 10.2 Å². The van der Waals surface area contributed by atoms with E-state index in [9.17, 15) is 14.7 Å². The lowest BCUT2D eigenvalue weighted by molar-refractivity contribution is -0.144. The quantitative estimate of drug-likeness (QED) is 0.819. The number of carbonyl (C=O) groups excluding carboxylic acids is 1. The fourth-order valence-corrected chi connectivity index (χ4v) is 3.06. The largest absolute Gasteiger partial charge is 0.480 e. The molecule has 2 N–H and O–H groups in total. The molecule has 122 valence electrons. The van der Waals surface area contributed by atoms with E-state index in [4.69, 9.17) is 0 Å². The Bertz CT molecular complexity index is 365. The second kappa shape index (κ2) is 7.66. The minimum Gasteiger partial charge on any atom is -0.480 e. The number of likely N-dealkylation sites (tertiary alicyclic amines) is 1. The highest BCUT2D eigenvalue weighted by Crippen LogP contribution is 2.25. The minimum atomic E-state index is -1.14. The van der Waals surface area contributed by atoms with E-state index in [0.717, 1.165) is 32.4 Å². The SMILES string of the molecule is CCC(CC)(NC(=O)N1CCCC(C(C)C)CC1)C(=O)O. The van der Waals surface area contributed by atoms with Gasteiger partial charge in [-0.2, -0.15) is 0 Å². The summed E-state index contributed by atoms with van der Waals surface area (Å²) in [5, 5.41) is 12.2. The van der Waals surface area contributed by atoms with Gasteiger partial charge in [0.15, 0.2) is 0 Å². The molecule has 1 unspecified atom stereocenters. The van der Waals surface area contributed by atoms with Gasteiger partial charge in [0, 0.05) is 13.1 Å². The van der Waals surface area contributed by atoms with E-state index in [0.29, 0.717) is 24.7 Å². The number of carboxylic acids is 1. The number of carboxylic acid groups (broad SMARTS) is 1. The number of aliphatic carboxylic acids is 1. The van der Waals surface area contributed by atoms with Crippen molar-refractivity contribution in [2.24, 2.45) is 11.8 Å². The number of carbonyl (C=O) groups is 2. The summed E-state index contributed by atoms with van der Waals surface area (Å²) in [5.74, 6) is 0.345. The molecule has 1 saturated heterocycles. The Hall–Kier alpha value is -1.26. The second-order valence-corrected chi connectivity index (χ2v) is 6.45. The highest BCUT2D eigenvalue weighted by molar-refractivity contribution is 5.86. The van der Waals surface area contributed by atoms with Gasteiger partial charge in [0.25, 0.3) is 0 Å². The fraction of sp³-hybridized carbons (Fsp3) is 0.875. The zero-order chi connectivity index (χ0) is 16.0. The lowest BCUT2D eigenvalue weighted by atomic mass is 9.89. The van der Waals surface area contributed by atoms with Crippen molar-refractivity contribution in [3.05, 3.63) is 0 Å². The van der Waals surface area contributed by atoms with Crippen LogP contribution in [0.5, 0.6) is 0 Å². The Kier molecular flexibility index (Phi) is 6.49. The van der Waals surface area contributed by atoms with Crippen molar-refractivity contribution >= 4 is 12.0 Å². The average molecular weight is 298 g/mol. The average Bonchev–Trinajstić information content (AvgIpc) is 2.70. The van der Waals surface area contributed by atoms with Crippen molar-refractivity contribution in [3.63, 3.8) is 0 Å². The second-order valence-electron chi connectivity index (χ2n) is 6.45. The molecular weight excluding hydrogens is 268 g/mol. The number of hydrogen-bond acceptors (Lipinski definition) is 2. The highest BCUT2D eigenvalue weighted by Gasteiger charge is 2.37. The van der Waals surface area contributed by atoms with Gasteiger partial charge in [-0.15, -0.1) is 0 Å². The third-order valence-corrected chi connectivity index (χ3v) is 4.97. The fourth-order valence-electron chi connectivity index (χ4n) is 3.06. The van der Waals surface area contributed by atoms with Crippen LogP contribution in [0, 0.1) is 11.8 Å². The Balaban J connectivity index is 2.68. The van der Waals surface area contributed by atoms with Crippen LogP contribution in [0.15, 0.2) is 0 Å². The minimum absolute atomic E-state index is 0.231. The lowest BCUT2D eigenvalue weighted by Crippen LogP contribution is -2.57. The summed E-state index contributed by atoms with van der Waals surface area (Å²) in [5.41, 5.74) is -1.14. The third-order valence-electron chi connectivity index (χ3n) is 4.97. The summed E-state index contributed by atoms with van der Waals surface area (Å²) in [4.78, 5) is 25.7. The molecule has 0 bridgehead atoms. The summed E-state index contributed by atoms with van der Waals surface area (Å²) in [7, 11) is 0. The molecular formula is C16H30N2O3. The summed E-state index contributed by atoms with van der Waals surface area (Å²) < 4.78 is 0. The molecule has 0 saturated carbocycles. The number of nitrogens with zero attached hydrogens (tertiary/aromatic N) is 1. The van der Waals surface area contributed by atoms with Gasteiger partial charge in [-0.1, -0.05) is 27.7 Å². The van der Waals surface area contributed by atoms with Gasteiger partial charge in [0.05, 0.1) is 0 Å². The molecule has 0 aromatic heterocycles. The Morgan fingerprint density at radius 2 is 1.86 bits per heavy atom. The first kappa shape index (κ1) is 17.8. The van der Waals surface area contributed by atoms with Gasteiger partial charge in [-0.05, 0) is 43.9 Å². The third kappa shape index (κ3) is 4.35. The summed E-state index contributed by atoms with van der Waals surface area (Å²) in [6.07, 6.45) is 3.94. The molecule has 2 amide bonds. The zero-order valence-electron chi connectivity index (χ0n) is 13.8. The maximum atomic E-state index is 12.4. The number of nitrogens with one attached hydrogen (secondary N) is 1. The van der Waals surface area contributed by atoms with Crippen LogP contribution in [0.4, 0.5) is 4.79 Å². The van der Waals surface area contributed by atoms with Gasteiger partial charge < -0.3 is 15.3 Å². The van der Waals surface area contributed by atoms with Crippen LogP contribution in [0.2, 0.25) is 0 Å². The number of amides is 2. The molecule has 21 heavy (non-hydrogen) atoms. The van der Waals surface area contributed by atoms with E-state index in [1.807, 2.05) is 0 Å². The summed E-state index contributed by atoms with van der Waals surface area (Å²) in [6, 6.07) is -0.231. The Morgan fingerprint density at radius 3 is 2.33 bits per heavy atom. The lowest BCUT2D eigenvalue weighted by Gasteiger charge is -2.31. The summed E-state index contributed by atoms with van der Waals surface area (Å²) >= 11 is 0. The standard InChI is InChI=1S/C16H30N2O3/c1-5-16(6-2,14(19)20)17-15(21)18-10-7-8-13(9-11-18)12(3)4/h12-13H,5-11H2,1-4H3,(H,17,21)(H,19,20). The molecule has 5 nitrogen and oxygen atoms in total. The predicted molar refractivity (Wildman–Crippen MR) is 83.2 cm³/mol. The van der Waals surface area contributed by atoms with Gasteiger partial charge in [0.1, 0.15) is 5.54 Å². The molecule has 1 atom stereocenters. The van der Waals surface area contributed by atoms with Crippen LogP contribution in [0.25, 0.3) is 0 Å². The number of rotatable bonds is 5. The molecule has 0 spiro atoms. The van der Waals surface area contributed by atoms with E-state index in [2.05, 4.69) is 19.2 Å². The van der Waals surface area contributed by atoms with E-state index in [-0.39, 0.29) is 6.03 Å². The normalized spacial score (nSPS) is 20.2. The molecule has 0 aliphatic carbocycles. The smallest absolute Gasteiger partial charge is 0.329 e. The van der Waals surface area contributed by atoms with Crippen LogP contribution in [0.3, 0.4) is 0 Å². The van der Waals surface area contributed by atoms with Crippen molar-refractivity contribution in [2.75, 3.05) is 13.1 Å². The molecule has 0 aromatic rings.